The van der Waals surface area contributed by atoms with Gasteiger partial charge in [-0.05, 0) is 30.3 Å². The molecule has 0 fully saturated rings. The van der Waals surface area contributed by atoms with Crippen molar-refractivity contribution in [3.8, 4) is 11.5 Å². The van der Waals surface area contributed by atoms with Crippen LogP contribution in [-0.2, 0) is 0 Å². The molecule has 21 heavy (non-hydrogen) atoms. The summed E-state index contributed by atoms with van der Waals surface area (Å²) >= 11 is 6.00. The topological polar surface area (TPSA) is 65.3 Å². The second kappa shape index (κ2) is 5.38. The lowest BCUT2D eigenvalue weighted by atomic mass is 10.2. The van der Waals surface area contributed by atoms with Gasteiger partial charge in [-0.2, -0.15) is 0 Å². The number of nitro groups is 1. The smallest absolute Gasteiger partial charge is 0.271 e. The van der Waals surface area contributed by atoms with E-state index in [0.717, 1.165) is 10.9 Å². The van der Waals surface area contributed by atoms with Crippen LogP contribution in [0.3, 0.4) is 0 Å². The first-order valence-corrected chi connectivity index (χ1v) is 6.48. The first kappa shape index (κ1) is 13.3. The minimum Gasteiger partial charge on any atom is -0.456 e. The van der Waals surface area contributed by atoms with Gasteiger partial charge in [0.25, 0.3) is 5.69 Å². The second-order valence-corrected chi connectivity index (χ2v) is 4.74. The van der Waals surface area contributed by atoms with Crippen molar-refractivity contribution in [1.82, 2.24) is 4.98 Å². The van der Waals surface area contributed by atoms with Gasteiger partial charge in [-0.25, -0.2) is 0 Å². The predicted octanol–water partition coefficient (Wildman–Crippen LogP) is 4.59. The van der Waals surface area contributed by atoms with Crippen LogP contribution in [0.1, 0.15) is 0 Å². The van der Waals surface area contributed by atoms with Gasteiger partial charge in [-0.3, -0.25) is 15.1 Å². The molecule has 0 spiro atoms. The van der Waals surface area contributed by atoms with Crippen molar-refractivity contribution in [3.63, 3.8) is 0 Å². The molecule has 0 radical (unpaired) electrons. The van der Waals surface area contributed by atoms with Gasteiger partial charge in [0.15, 0.2) is 0 Å². The summed E-state index contributed by atoms with van der Waals surface area (Å²) in [5.41, 5.74) is 0.787. The quantitative estimate of drug-likeness (QED) is 0.524. The molecule has 0 amide bonds. The number of nitrogens with zero attached hydrogens (tertiary/aromatic N) is 2. The standard InChI is InChI=1S/C15H9ClN2O3/c16-13-9-11(18(19)20)3-6-15(13)21-12-4-5-14-10(8-12)2-1-7-17-14/h1-9H. The molecule has 1 aromatic heterocycles. The highest BCUT2D eigenvalue weighted by Gasteiger charge is 2.11. The van der Waals surface area contributed by atoms with E-state index in [9.17, 15) is 10.1 Å². The van der Waals surface area contributed by atoms with Gasteiger partial charge < -0.3 is 4.74 Å². The lowest BCUT2D eigenvalue weighted by Gasteiger charge is -2.08. The minimum absolute atomic E-state index is 0.0740. The highest BCUT2D eigenvalue weighted by molar-refractivity contribution is 6.32. The van der Waals surface area contributed by atoms with Gasteiger partial charge in [-0.15, -0.1) is 0 Å². The maximum absolute atomic E-state index is 10.7. The summed E-state index contributed by atoms with van der Waals surface area (Å²) < 4.78 is 5.67. The molecule has 0 aliphatic heterocycles. The molecule has 104 valence electrons. The molecule has 0 N–H and O–H groups in total. The Bertz CT molecular complexity index is 836. The Morgan fingerprint density at radius 1 is 1.14 bits per heavy atom. The molecule has 0 bridgehead atoms. The maximum Gasteiger partial charge on any atom is 0.271 e. The largest absolute Gasteiger partial charge is 0.456 e. The number of non-ortho nitro benzene ring substituents is 1. The van der Waals surface area contributed by atoms with Gasteiger partial charge in [0.05, 0.1) is 15.5 Å². The lowest BCUT2D eigenvalue weighted by Crippen LogP contribution is -1.90. The molecule has 3 aromatic rings. The number of fused-ring (bicyclic) bond motifs is 1. The van der Waals surface area contributed by atoms with Crippen LogP contribution in [0, 0.1) is 10.1 Å². The van der Waals surface area contributed by atoms with Crippen LogP contribution in [0.25, 0.3) is 10.9 Å². The number of benzene rings is 2. The molecule has 0 unspecified atom stereocenters. The molecule has 2 aromatic carbocycles. The Morgan fingerprint density at radius 2 is 2.00 bits per heavy atom. The molecule has 6 heteroatoms. The van der Waals surface area contributed by atoms with E-state index in [1.54, 1.807) is 12.3 Å². The van der Waals surface area contributed by atoms with Gasteiger partial charge in [0.2, 0.25) is 0 Å². The fraction of sp³-hybridized carbons (Fsp3) is 0. The van der Waals surface area contributed by atoms with E-state index < -0.39 is 4.92 Å². The first-order chi connectivity index (χ1) is 10.1. The van der Waals surface area contributed by atoms with E-state index in [2.05, 4.69) is 4.98 Å². The van der Waals surface area contributed by atoms with Crippen molar-refractivity contribution < 1.29 is 9.66 Å². The molecule has 3 rings (SSSR count). The van der Waals surface area contributed by atoms with Crippen LogP contribution < -0.4 is 4.74 Å². The van der Waals surface area contributed by atoms with Crippen LogP contribution in [0.2, 0.25) is 5.02 Å². The van der Waals surface area contributed by atoms with Gasteiger partial charge in [-0.1, -0.05) is 17.7 Å². The van der Waals surface area contributed by atoms with Crippen LogP contribution in [0.4, 0.5) is 5.69 Å². The van der Waals surface area contributed by atoms with E-state index >= 15 is 0 Å². The molecule has 0 aliphatic carbocycles. The van der Waals surface area contributed by atoms with Crippen molar-refractivity contribution >= 4 is 28.2 Å². The van der Waals surface area contributed by atoms with E-state index in [0.29, 0.717) is 11.5 Å². The van der Waals surface area contributed by atoms with Crippen LogP contribution in [0.15, 0.2) is 54.7 Å². The zero-order valence-corrected chi connectivity index (χ0v) is 11.4. The molecule has 1 heterocycles. The fourth-order valence-electron chi connectivity index (χ4n) is 1.93. The fourth-order valence-corrected chi connectivity index (χ4v) is 2.14. The zero-order valence-electron chi connectivity index (χ0n) is 10.7. The third kappa shape index (κ3) is 2.78. The highest BCUT2D eigenvalue weighted by atomic mass is 35.5. The summed E-state index contributed by atoms with van der Waals surface area (Å²) in [5, 5.41) is 11.8. The Labute approximate surface area is 124 Å². The maximum atomic E-state index is 10.7. The van der Waals surface area contributed by atoms with Crippen molar-refractivity contribution in [1.29, 1.82) is 0 Å². The molecule has 0 atom stereocenters. The number of rotatable bonds is 3. The third-order valence-electron chi connectivity index (χ3n) is 2.93. The summed E-state index contributed by atoms with van der Waals surface area (Å²) in [4.78, 5) is 14.4. The van der Waals surface area contributed by atoms with Crippen molar-refractivity contribution in [2.45, 2.75) is 0 Å². The third-order valence-corrected chi connectivity index (χ3v) is 3.22. The Hall–Kier alpha value is -2.66. The molecule has 5 nitrogen and oxygen atoms in total. The summed E-state index contributed by atoms with van der Waals surface area (Å²) in [6.07, 6.45) is 1.72. The van der Waals surface area contributed by atoms with E-state index in [4.69, 9.17) is 16.3 Å². The number of aromatic nitrogens is 1. The predicted molar refractivity (Wildman–Crippen MR) is 79.9 cm³/mol. The molecular weight excluding hydrogens is 292 g/mol. The lowest BCUT2D eigenvalue weighted by molar-refractivity contribution is -0.384. The number of halogens is 1. The normalized spacial score (nSPS) is 10.5. The second-order valence-electron chi connectivity index (χ2n) is 4.33. The number of pyridine rings is 1. The van der Waals surface area contributed by atoms with Gasteiger partial charge in [0.1, 0.15) is 11.5 Å². The molecule has 0 saturated heterocycles. The van der Waals surface area contributed by atoms with Gasteiger partial charge in [0, 0.05) is 23.7 Å². The Balaban J connectivity index is 1.93. The summed E-state index contributed by atoms with van der Waals surface area (Å²) in [6, 6.07) is 13.3. The molecule has 0 aliphatic rings. The summed E-state index contributed by atoms with van der Waals surface area (Å²) in [6.45, 7) is 0. The number of ether oxygens (including phenoxy) is 1. The number of hydrogen-bond donors (Lipinski definition) is 0. The zero-order chi connectivity index (χ0) is 14.8. The van der Waals surface area contributed by atoms with E-state index in [1.165, 1.54) is 18.2 Å². The Kier molecular flexibility index (Phi) is 3.41. The van der Waals surface area contributed by atoms with E-state index in [-0.39, 0.29) is 10.7 Å². The monoisotopic (exact) mass is 300 g/mol. The highest BCUT2D eigenvalue weighted by Crippen LogP contribution is 2.33. The van der Waals surface area contributed by atoms with E-state index in [1.807, 2.05) is 24.3 Å². The number of hydrogen-bond acceptors (Lipinski definition) is 4. The summed E-state index contributed by atoms with van der Waals surface area (Å²) in [5.74, 6) is 0.955. The minimum atomic E-state index is -0.503. The average Bonchev–Trinajstić information content (AvgIpc) is 2.49. The Morgan fingerprint density at radius 3 is 2.76 bits per heavy atom. The molecule has 0 saturated carbocycles. The van der Waals surface area contributed by atoms with Gasteiger partial charge >= 0.3 is 0 Å². The van der Waals surface area contributed by atoms with Crippen molar-refractivity contribution in [2.75, 3.05) is 0 Å². The van der Waals surface area contributed by atoms with Crippen LogP contribution in [-0.4, -0.2) is 9.91 Å². The first-order valence-electron chi connectivity index (χ1n) is 6.10. The number of nitro benzene ring substituents is 1. The average molecular weight is 301 g/mol. The molecular formula is C15H9ClN2O3. The van der Waals surface area contributed by atoms with Crippen molar-refractivity contribution in [2.24, 2.45) is 0 Å². The van der Waals surface area contributed by atoms with Crippen LogP contribution in [0.5, 0.6) is 11.5 Å². The van der Waals surface area contributed by atoms with Crippen LogP contribution >= 0.6 is 11.6 Å². The van der Waals surface area contributed by atoms with Crippen molar-refractivity contribution in [3.05, 3.63) is 69.9 Å². The SMILES string of the molecule is O=[N+]([O-])c1ccc(Oc2ccc3ncccc3c2)c(Cl)c1. The summed E-state index contributed by atoms with van der Waals surface area (Å²) in [7, 11) is 0.